The molecule has 0 spiro atoms. The third-order valence-electron chi connectivity index (χ3n) is 4.81. The molecular weight excluding hydrogens is 378 g/mol. The first kappa shape index (κ1) is 20.7. The van der Waals surface area contributed by atoms with E-state index in [9.17, 15) is 0 Å². The summed E-state index contributed by atoms with van der Waals surface area (Å²) in [6.07, 6.45) is 6.07. The van der Waals surface area contributed by atoms with Gasteiger partial charge in [0.1, 0.15) is 6.61 Å². The molecule has 0 aliphatic carbocycles. The molecule has 1 unspecified atom stereocenters. The normalized spacial score (nSPS) is 11.5. The highest BCUT2D eigenvalue weighted by Gasteiger charge is 2.12. The predicted octanol–water partition coefficient (Wildman–Crippen LogP) is 5.16. The Balaban J connectivity index is 1.59. The Morgan fingerprint density at radius 2 is 1.79 bits per heavy atom. The van der Waals surface area contributed by atoms with Gasteiger partial charge in [0, 0.05) is 12.5 Å². The fraction of sp³-hybridized carbons (Fsp3) is 0.240. The highest BCUT2D eigenvalue weighted by molar-refractivity contribution is 7.80. The lowest BCUT2D eigenvalue weighted by atomic mass is 10.00. The number of ether oxygens (including phenoxy) is 2. The van der Waals surface area contributed by atoms with E-state index in [4.69, 9.17) is 28.1 Å². The van der Waals surface area contributed by atoms with Crippen molar-refractivity contribution in [3.8, 4) is 23.8 Å². The first-order valence-electron chi connectivity index (χ1n) is 9.59. The quantitative estimate of drug-likeness (QED) is 0.416. The van der Waals surface area contributed by atoms with E-state index in [1.165, 1.54) is 16.3 Å². The zero-order valence-electron chi connectivity index (χ0n) is 16.8. The average molecular weight is 404 g/mol. The van der Waals surface area contributed by atoms with Crippen LogP contribution in [0.25, 0.3) is 10.8 Å². The van der Waals surface area contributed by atoms with Gasteiger partial charge in [-0.05, 0) is 46.5 Å². The fourth-order valence-corrected chi connectivity index (χ4v) is 3.39. The van der Waals surface area contributed by atoms with E-state index in [0.29, 0.717) is 11.5 Å². The van der Waals surface area contributed by atoms with Crippen LogP contribution in [-0.2, 0) is 13.0 Å². The molecule has 29 heavy (non-hydrogen) atoms. The highest BCUT2D eigenvalue weighted by Crippen LogP contribution is 2.29. The number of methoxy groups -OCH3 is 1. The van der Waals surface area contributed by atoms with Gasteiger partial charge in [-0.3, -0.25) is 0 Å². The van der Waals surface area contributed by atoms with E-state index in [1.54, 1.807) is 7.11 Å². The van der Waals surface area contributed by atoms with Gasteiger partial charge in [0.05, 0.1) is 12.1 Å². The minimum absolute atomic E-state index is 0.202. The molecular formula is C25H25NO2S. The Bertz CT molecular complexity index is 1040. The molecule has 3 rings (SSSR count). The van der Waals surface area contributed by atoms with Crippen molar-refractivity contribution in [1.29, 1.82) is 0 Å². The molecule has 0 bridgehead atoms. The van der Waals surface area contributed by atoms with Crippen molar-refractivity contribution >= 4 is 28.0 Å². The Kier molecular flexibility index (Phi) is 7.10. The summed E-state index contributed by atoms with van der Waals surface area (Å²) >= 11 is 5.63. The Labute approximate surface area is 178 Å². The van der Waals surface area contributed by atoms with Crippen molar-refractivity contribution in [3.63, 3.8) is 0 Å². The van der Waals surface area contributed by atoms with Crippen molar-refractivity contribution < 1.29 is 9.47 Å². The number of fused-ring (bicyclic) bond motifs is 1. The topological polar surface area (TPSA) is 30.5 Å². The molecule has 0 radical (unpaired) electrons. The second-order valence-electron chi connectivity index (χ2n) is 6.98. The van der Waals surface area contributed by atoms with Crippen LogP contribution in [0.1, 0.15) is 18.1 Å². The molecule has 3 nitrogen and oxygen atoms in total. The van der Waals surface area contributed by atoms with Gasteiger partial charge < -0.3 is 14.8 Å². The van der Waals surface area contributed by atoms with Gasteiger partial charge in [0.2, 0.25) is 0 Å². The predicted molar refractivity (Wildman–Crippen MR) is 124 cm³/mol. The van der Waals surface area contributed by atoms with Crippen molar-refractivity contribution in [2.24, 2.45) is 5.92 Å². The van der Waals surface area contributed by atoms with Crippen molar-refractivity contribution in [3.05, 3.63) is 71.8 Å². The maximum absolute atomic E-state index is 5.63. The van der Waals surface area contributed by atoms with E-state index < -0.39 is 0 Å². The molecule has 0 saturated heterocycles. The summed E-state index contributed by atoms with van der Waals surface area (Å²) in [6.45, 7) is 3.07. The van der Waals surface area contributed by atoms with Gasteiger partial charge in [-0.25, -0.2) is 0 Å². The summed E-state index contributed by atoms with van der Waals surface area (Å²) in [5.41, 5.74) is 2.35. The fourth-order valence-electron chi connectivity index (χ4n) is 3.24. The summed E-state index contributed by atoms with van der Waals surface area (Å²) in [5.74, 6) is 4.00. The van der Waals surface area contributed by atoms with Gasteiger partial charge in [0.15, 0.2) is 11.5 Å². The molecule has 0 saturated carbocycles. The number of nitrogens with one attached hydrogen (secondary N) is 1. The van der Waals surface area contributed by atoms with Gasteiger partial charge in [-0.15, -0.1) is 6.42 Å². The lowest BCUT2D eigenvalue weighted by Gasteiger charge is -2.17. The van der Waals surface area contributed by atoms with Gasteiger partial charge >= 0.3 is 0 Å². The number of rotatable bonds is 8. The van der Waals surface area contributed by atoms with E-state index in [-0.39, 0.29) is 12.5 Å². The first-order chi connectivity index (χ1) is 14.1. The monoisotopic (exact) mass is 403 g/mol. The maximum Gasteiger partial charge on any atom is 0.162 e. The van der Waals surface area contributed by atoms with Crippen LogP contribution in [0.15, 0.2) is 60.7 Å². The molecule has 3 aromatic rings. The van der Waals surface area contributed by atoms with Crippen LogP contribution < -0.4 is 14.8 Å². The van der Waals surface area contributed by atoms with Crippen LogP contribution in [0, 0.1) is 18.3 Å². The van der Waals surface area contributed by atoms with E-state index >= 15 is 0 Å². The molecule has 148 valence electrons. The lowest BCUT2D eigenvalue weighted by molar-refractivity contribution is 0.330. The largest absolute Gasteiger partial charge is 0.493 e. The summed E-state index contributed by atoms with van der Waals surface area (Å²) in [6, 6.07) is 20.8. The highest BCUT2D eigenvalue weighted by atomic mass is 32.1. The van der Waals surface area contributed by atoms with Crippen molar-refractivity contribution in [2.45, 2.75) is 19.9 Å². The number of hydrogen-bond donors (Lipinski definition) is 1. The second-order valence-corrected chi connectivity index (χ2v) is 7.42. The molecule has 0 heterocycles. The van der Waals surface area contributed by atoms with Crippen LogP contribution in [0.3, 0.4) is 0 Å². The van der Waals surface area contributed by atoms with Gasteiger partial charge in [0.25, 0.3) is 0 Å². The minimum atomic E-state index is 0.202. The second kappa shape index (κ2) is 9.95. The molecule has 0 aliphatic heterocycles. The van der Waals surface area contributed by atoms with E-state index in [2.05, 4.69) is 60.6 Å². The molecule has 1 N–H and O–H groups in total. The summed E-state index contributed by atoms with van der Waals surface area (Å²) in [4.78, 5) is 0.852. The number of terminal acetylenes is 1. The summed E-state index contributed by atoms with van der Waals surface area (Å²) in [5, 5.41) is 5.89. The van der Waals surface area contributed by atoms with Crippen LogP contribution in [0.4, 0.5) is 0 Å². The zero-order chi connectivity index (χ0) is 20.6. The number of hydrogen-bond acceptors (Lipinski definition) is 3. The smallest absolute Gasteiger partial charge is 0.162 e. The third kappa shape index (κ3) is 5.49. The van der Waals surface area contributed by atoms with E-state index in [1.807, 2.05) is 18.2 Å². The van der Waals surface area contributed by atoms with E-state index in [0.717, 1.165) is 23.5 Å². The third-order valence-corrected chi connectivity index (χ3v) is 5.36. The lowest BCUT2D eigenvalue weighted by Crippen LogP contribution is -2.28. The Hall–Kier alpha value is -3.03. The SMILES string of the molecule is C#CCOc1ccc(CC(C)C(=S)NCc2ccc3ccccc3c2)cc1OC. The summed E-state index contributed by atoms with van der Waals surface area (Å²) in [7, 11) is 1.63. The molecule has 0 amide bonds. The van der Waals surface area contributed by atoms with Crippen molar-refractivity contribution in [1.82, 2.24) is 5.32 Å². The molecule has 0 fully saturated rings. The molecule has 4 heteroatoms. The van der Waals surface area contributed by atoms with Crippen LogP contribution >= 0.6 is 12.2 Å². The standard InChI is InChI=1S/C25H25NO2S/c1-4-13-28-23-12-10-19(16-24(23)27-3)14-18(2)25(29)26-17-20-9-11-21-7-5-6-8-22(21)15-20/h1,5-12,15-16,18H,13-14,17H2,2-3H3,(H,26,29). The summed E-state index contributed by atoms with van der Waals surface area (Å²) < 4.78 is 10.9. The Morgan fingerprint density at radius 1 is 1.03 bits per heavy atom. The number of benzene rings is 3. The Morgan fingerprint density at radius 3 is 2.55 bits per heavy atom. The van der Waals surface area contributed by atoms with Crippen molar-refractivity contribution in [2.75, 3.05) is 13.7 Å². The maximum atomic E-state index is 5.63. The van der Waals surface area contributed by atoms with Gasteiger partial charge in [-0.2, -0.15) is 0 Å². The first-order valence-corrected chi connectivity index (χ1v) is 10.00. The molecule has 0 aliphatic rings. The zero-order valence-corrected chi connectivity index (χ0v) is 17.6. The molecule has 3 aromatic carbocycles. The van der Waals surface area contributed by atoms with Crippen LogP contribution in [0.5, 0.6) is 11.5 Å². The average Bonchev–Trinajstić information content (AvgIpc) is 2.76. The molecule has 0 aromatic heterocycles. The minimum Gasteiger partial charge on any atom is -0.493 e. The molecule has 1 atom stereocenters. The van der Waals surface area contributed by atoms with Crippen LogP contribution in [-0.4, -0.2) is 18.7 Å². The van der Waals surface area contributed by atoms with Gasteiger partial charge in [-0.1, -0.05) is 67.5 Å². The van der Waals surface area contributed by atoms with Crippen LogP contribution in [0.2, 0.25) is 0 Å². The number of thiocarbonyl (C=S) groups is 1.